The van der Waals surface area contributed by atoms with Gasteiger partial charge in [0.2, 0.25) is 0 Å². The fourth-order valence-electron chi connectivity index (χ4n) is 2.41. The van der Waals surface area contributed by atoms with Crippen molar-refractivity contribution < 1.29 is 8.42 Å². The quantitative estimate of drug-likeness (QED) is 0.851. The first-order chi connectivity index (χ1) is 9.56. The van der Waals surface area contributed by atoms with E-state index in [2.05, 4.69) is 4.40 Å². The SMILES string of the molecule is Cc1ccc(S(=O)(=O)/N=C2\CCc3ccccc32)cc1. The first-order valence-electron chi connectivity index (χ1n) is 6.55. The Hall–Kier alpha value is -1.94. The maximum atomic E-state index is 12.3. The monoisotopic (exact) mass is 285 g/mol. The van der Waals surface area contributed by atoms with Gasteiger partial charge in [-0.3, -0.25) is 0 Å². The Labute approximate surface area is 119 Å². The van der Waals surface area contributed by atoms with Crippen molar-refractivity contribution in [2.45, 2.75) is 24.7 Å². The standard InChI is InChI=1S/C16H15NO2S/c1-12-6-9-14(10-7-12)20(18,19)17-16-11-8-13-4-2-3-5-15(13)16/h2-7,9-10H,8,11H2,1H3/b17-16+. The number of fused-ring (bicyclic) bond motifs is 1. The van der Waals surface area contributed by atoms with Crippen LogP contribution in [0.3, 0.4) is 0 Å². The Morgan fingerprint density at radius 2 is 1.65 bits per heavy atom. The average Bonchev–Trinajstić information content (AvgIpc) is 2.82. The molecule has 3 nitrogen and oxygen atoms in total. The van der Waals surface area contributed by atoms with Gasteiger partial charge in [-0.25, -0.2) is 0 Å². The van der Waals surface area contributed by atoms with E-state index in [4.69, 9.17) is 0 Å². The molecule has 0 N–H and O–H groups in total. The zero-order valence-electron chi connectivity index (χ0n) is 11.2. The highest BCUT2D eigenvalue weighted by Gasteiger charge is 2.21. The number of benzene rings is 2. The lowest BCUT2D eigenvalue weighted by Gasteiger charge is -2.02. The van der Waals surface area contributed by atoms with Gasteiger partial charge in [0.25, 0.3) is 10.0 Å². The van der Waals surface area contributed by atoms with Crippen LogP contribution in [0.2, 0.25) is 0 Å². The van der Waals surface area contributed by atoms with Crippen molar-refractivity contribution in [3.05, 3.63) is 65.2 Å². The summed E-state index contributed by atoms with van der Waals surface area (Å²) in [6.07, 6.45) is 1.54. The molecule has 3 rings (SSSR count). The summed E-state index contributed by atoms with van der Waals surface area (Å²) in [7, 11) is -3.62. The summed E-state index contributed by atoms with van der Waals surface area (Å²) in [6, 6.07) is 14.6. The predicted molar refractivity (Wildman–Crippen MR) is 79.7 cm³/mol. The number of hydrogen-bond acceptors (Lipinski definition) is 2. The normalized spacial score (nSPS) is 16.4. The van der Waals surface area contributed by atoms with Crippen LogP contribution in [0.15, 0.2) is 57.8 Å². The molecule has 2 aromatic carbocycles. The number of rotatable bonds is 2. The van der Waals surface area contributed by atoms with E-state index in [1.807, 2.05) is 31.2 Å². The Bertz CT molecular complexity index is 774. The molecule has 4 heteroatoms. The Balaban J connectivity index is 2.02. The lowest BCUT2D eigenvalue weighted by Crippen LogP contribution is -2.03. The summed E-state index contributed by atoms with van der Waals surface area (Å²) in [6.45, 7) is 1.93. The predicted octanol–water partition coefficient (Wildman–Crippen LogP) is 3.12. The van der Waals surface area contributed by atoms with Crippen molar-refractivity contribution in [1.29, 1.82) is 0 Å². The molecule has 0 amide bonds. The molecule has 0 radical (unpaired) electrons. The van der Waals surface area contributed by atoms with Crippen LogP contribution in [0.5, 0.6) is 0 Å². The molecule has 1 aliphatic carbocycles. The van der Waals surface area contributed by atoms with E-state index in [9.17, 15) is 8.42 Å². The molecule has 0 spiro atoms. The van der Waals surface area contributed by atoms with Gasteiger partial charge < -0.3 is 0 Å². The summed E-state index contributed by atoms with van der Waals surface area (Å²) in [4.78, 5) is 0.250. The number of aryl methyl sites for hydroxylation is 2. The molecule has 0 fully saturated rings. The molecule has 0 saturated heterocycles. The van der Waals surface area contributed by atoms with Gasteiger partial charge in [-0.2, -0.15) is 12.8 Å². The largest absolute Gasteiger partial charge is 0.282 e. The fraction of sp³-hybridized carbons (Fsp3) is 0.188. The molecule has 20 heavy (non-hydrogen) atoms. The van der Waals surface area contributed by atoms with Crippen LogP contribution in [0.1, 0.15) is 23.1 Å². The van der Waals surface area contributed by atoms with Crippen LogP contribution >= 0.6 is 0 Å². The third-order valence-electron chi connectivity index (χ3n) is 3.51. The minimum Gasteiger partial charge on any atom is -0.199 e. The molecule has 102 valence electrons. The van der Waals surface area contributed by atoms with Gasteiger partial charge in [-0.1, -0.05) is 42.0 Å². The van der Waals surface area contributed by atoms with Gasteiger partial charge in [-0.05, 0) is 37.5 Å². The van der Waals surface area contributed by atoms with Crippen LogP contribution in [-0.2, 0) is 16.4 Å². The van der Waals surface area contributed by atoms with Crippen LogP contribution in [0.25, 0.3) is 0 Å². The summed E-state index contributed by atoms with van der Waals surface area (Å²) in [5, 5.41) is 0. The molecule has 0 aliphatic heterocycles. The maximum Gasteiger partial charge on any atom is 0.282 e. The van der Waals surface area contributed by atoms with E-state index in [-0.39, 0.29) is 4.90 Å². The van der Waals surface area contributed by atoms with Crippen LogP contribution < -0.4 is 0 Å². The minimum atomic E-state index is -3.62. The molecule has 0 unspecified atom stereocenters. The summed E-state index contributed by atoms with van der Waals surface area (Å²) in [5.74, 6) is 0. The van der Waals surface area contributed by atoms with E-state index in [0.717, 1.165) is 17.5 Å². The van der Waals surface area contributed by atoms with Crippen molar-refractivity contribution >= 4 is 15.7 Å². The summed E-state index contributed by atoms with van der Waals surface area (Å²) in [5.41, 5.74) is 3.83. The number of nitrogens with zero attached hydrogens (tertiary/aromatic N) is 1. The Kier molecular flexibility index (Phi) is 3.18. The molecular weight excluding hydrogens is 270 g/mol. The molecule has 0 saturated carbocycles. The van der Waals surface area contributed by atoms with Crippen molar-refractivity contribution in [3.8, 4) is 0 Å². The highest BCUT2D eigenvalue weighted by atomic mass is 32.2. The number of sulfonamides is 1. The van der Waals surface area contributed by atoms with E-state index >= 15 is 0 Å². The average molecular weight is 285 g/mol. The van der Waals surface area contributed by atoms with Crippen molar-refractivity contribution in [2.24, 2.45) is 4.40 Å². The molecular formula is C16H15NO2S. The second-order valence-electron chi connectivity index (χ2n) is 4.98. The van der Waals surface area contributed by atoms with E-state index in [0.29, 0.717) is 12.1 Å². The molecule has 0 aromatic heterocycles. The summed E-state index contributed by atoms with van der Waals surface area (Å²) < 4.78 is 28.7. The minimum absolute atomic E-state index is 0.250. The van der Waals surface area contributed by atoms with Crippen molar-refractivity contribution in [1.82, 2.24) is 0 Å². The van der Waals surface area contributed by atoms with Crippen LogP contribution in [0, 0.1) is 6.92 Å². The third-order valence-corrected chi connectivity index (χ3v) is 4.84. The molecule has 0 bridgehead atoms. The lowest BCUT2D eigenvalue weighted by molar-refractivity contribution is 0.598. The maximum absolute atomic E-state index is 12.3. The molecule has 0 atom stereocenters. The van der Waals surface area contributed by atoms with Crippen molar-refractivity contribution in [3.63, 3.8) is 0 Å². The van der Waals surface area contributed by atoms with Crippen molar-refractivity contribution in [2.75, 3.05) is 0 Å². The fourth-order valence-corrected chi connectivity index (χ4v) is 3.48. The molecule has 1 aliphatic rings. The van der Waals surface area contributed by atoms with Gasteiger partial charge in [0.15, 0.2) is 0 Å². The van der Waals surface area contributed by atoms with Gasteiger partial charge >= 0.3 is 0 Å². The first kappa shape index (κ1) is 13.1. The first-order valence-corrected chi connectivity index (χ1v) is 7.99. The molecule has 0 heterocycles. The summed E-state index contributed by atoms with van der Waals surface area (Å²) >= 11 is 0. The van der Waals surface area contributed by atoms with Gasteiger partial charge in [0.1, 0.15) is 0 Å². The topological polar surface area (TPSA) is 46.5 Å². The van der Waals surface area contributed by atoms with Crippen LogP contribution in [0.4, 0.5) is 0 Å². The molecule has 2 aromatic rings. The van der Waals surface area contributed by atoms with E-state index in [1.165, 1.54) is 5.56 Å². The highest BCUT2D eigenvalue weighted by molar-refractivity contribution is 7.90. The Morgan fingerprint density at radius 3 is 2.40 bits per heavy atom. The van der Waals surface area contributed by atoms with Gasteiger partial charge in [-0.15, -0.1) is 0 Å². The van der Waals surface area contributed by atoms with E-state index in [1.54, 1.807) is 24.3 Å². The van der Waals surface area contributed by atoms with E-state index < -0.39 is 10.0 Å². The number of hydrogen-bond donors (Lipinski definition) is 0. The zero-order chi connectivity index (χ0) is 14.2. The lowest BCUT2D eigenvalue weighted by atomic mass is 10.1. The highest BCUT2D eigenvalue weighted by Crippen LogP contribution is 2.24. The van der Waals surface area contributed by atoms with Crippen LogP contribution in [-0.4, -0.2) is 14.1 Å². The third kappa shape index (κ3) is 2.39. The Morgan fingerprint density at radius 1 is 0.950 bits per heavy atom. The zero-order valence-corrected chi connectivity index (χ0v) is 12.0. The van der Waals surface area contributed by atoms with Gasteiger partial charge in [0, 0.05) is 5.56 Å². The van der Waals surface area contributed by atoms with Gasteiger partial charge in [0.05, 0.1) is 10.6 Å². The second-order valence-corrected chi connectivity index (χ2v) is 6.59. The smallest absolute Gasteiger partial charge is 0.199 e. The second kappa shape index (κ2) is 4.87.